The van der Waals surface area contributed by atoms with Crippen molar-refractivity contribution < 1.29 is 13.3 Å². The normalized spacial score (nSPS) is 23.4. The molecule has 2 rings (SSSR count). The molecule has 7 heteroatoms. The zero-order chi connectivity index (χ0) is 15.6. The average Bonchev–Trinajstić information content (AvgIpc) is 2.81. The molecule has 1 saturated heterocycles. The minimum absolute atomic E-state index is 0.173. The van der Waals surface area contributed by atoms with E-state index in [1.54, 1.807) is 19.0 Å². The fourth-order valence-electron chi connectivity index (χ4n) is 2.56. The van der Waals surface area contributed by atoms with Crippen molar-refractivity contribution in [1.82, 2.24) is 9.79 Å². The van der Waals surface area contributed by atoms with Crippen LogP contribution in [0.25, 0.3) is 0 Å². The molecule has 1 aliphatic heterocycles. The molecule has 118 valence electrons. The number of hydrogen-bond acceptors (Lipinski definition) is 5. The van der Waals surface area contributed by atoms with E-state index < -0.39 is 15.3 Å². The second-order valence-electron chi connectivity index (χ2n) is 5.35. The summed E-state index contributed by atoms with van der Waals surface area (Å²) in [6.07, 6.45) is 0. The molecule has 21 heavy (non-hydrogen) atoms. The summed E-state index contributed by atoms with van der Waals surface area (Å²) >= 11 is 0. The van der Waals surface area contributed by atoms with Crippen LogP contribution >= 0.6 is 0 Å². The van der Waals surface area contributed by atoms with Crippen LogP contribution in [0.3, 0.4) is 0 Å². The lowest BCUT2D eigenvalue weighted by Crippen LogP contribution is -2.39. The summed E-state index contributed by atoms with van der Waals surface area (Å²) in [6.45, 7) is 2.33. The van der Waals surface area contributed by atoms with Crippen LogP contribution in [0.15, 0.2) is 24.3 Å². The Morgan fingerprint density at radius 1 is 1.33 bits per heavy atom. The average molecular weight is 313 g/mol. The van der Waals surface area contributed by atoms with Crippen molar-refractivity contribution in [2.45, 2.75) is 18.2 Å². The molecule has 1 aromatic carbocycles. The number of hydrogen-bond donors (Lipinski definition) is 1. The highest BCUT2D eigenvalue weighted by Gasteiger charge is 2.42. The zero-order valence-electron chi connectivity index (χ0n) is 12.9. The summed E-state index contributed by atoms with van der Waals surface area (Å²) in [5, 5.41) is 1.03. The highest BCUT2D eigenvalue weighted by molar-refractivity contribution is 7.90. The molecule has 1 fully saturated rings. The molecule has 0 bridgehead atoms. The number of nitrogens with zero attached hydrogens (tertiary/aromatic N) is 2. The molecule has 0 amide bonds. The molecule has 2 atom stereocenters. The van der Waals surface area contributed by atoms with E-state index in [0.29, 0.717) is 6.54 Å². The van der Waals surface area contributed by atoms with Crippen LogP contribution < -0.4 is 9.62 Å². The topological polar surface area (TPSA) is 61.9 Å². The first-order valence-electron chi connectivity index (χ1n) is 6.98. The van der Waals surface area contributed by atoms with Gasteiger partial charge in [0.15, 0.2) is 0 Å². The van der Waals surface area contributed by atoms with Crippen LogP contribution in [-0.2, 0) is 14.9 Å². The molecular formula is C14H23N3O3S. The highest BCUT2D eigenvalue weighted by atomic mass is 32.2. The Morgan fingerprint density at radius 3 is 2.48 bits per heavy atom. The van der Waals surface area contributed by atoms with Gasteiger partial charge in [-0.05, 0) is 17.7 Å². The second-order valence-corrected chi connectivity index (χ2v) is 7.34. The number of rotatable bonds is 5. The lowest BCUT2D eigenvalue weighted by atomic mass is 10.0. The summed E-state index contributed by atoms with van der Waals surface area (Å²) in [6, 6.07) is 7.58. The first-order chi connectivity index (χ1) is 9.86. The summed E-state index contributed by atoms with van der Waals surface area (Å²) in [5.41, 5.74) is 2.01. The molecule has 6 nitrogen and oxygen atoms in total. The molecule has 0 saturated carbocycles. The number of anilines is 1. The van der Waals surface area contributed by atoms with Gasteiger partial charge >= 0.3 is 0 Å². The summed E-state index contributed by atoms with van der Waals surface area (Å²) in [4.78, 5) is 7.45. The maximum atomic E-state index is 12.3. The van der Waals surface area contributed by atoms with Gasteiger partial charge in [-0.3, -0.25) is 4.84 Å². The first kappa shape index (κ1) is 16.2. The fourth-order valence-corrected chi connectivity index (χ4v) is 4.08. The van der Waals surface area contributed by atoms with Gasteiger partial charge in [0, 0.05) is 33.4 Å². The highest BCUT2D eigenvalue weighted by Crippen LogP contribution is 2.33. The summed E-state index contributed by atoms with van der Waals surface area (Å²) < 4.78 is 27.2. The van der Waals surface area contributed by atoms with E-state index in [0.717, 1.165) is 11.3 Å². The number of nitrogens with one attached hydrogen (secondary N) is 1. The Labute approximate surface area is 126 Å². The molecule has 1 heterocycles. The van der Waals surface area contributed by atoms with Crippen molar-refractivity contribution in [3.63, 3.8) is 0 Å². The van der Waals surface area contributed by atoms with Gasteiger partial charge in [0.05, 0.1) is 12.6 Å². The zero-order valence-corrected chi connectivity index (χ0v) is 13.7. The van der Waals surface area contributed by atoms with Crippen LogP contribution in [0.5, 0.6) is 0 Å². The predicted molar refractivity (Wildman–Crippen MR) is 83.6 cm³/mol. The van der Waals surface area contributed by atoms with Gasteiger partial charge in [-0.25, -0.2) is 13.1 Å². The van der Waals surface area contributed by atoms with Crippen LogP contribution in [0.4, 0.5) is 5.69 Å². The monoisotopic (exact) mass is 313 g/mol. The third-order valence-electron chi connectivity index (χ3n) is 3.68. The van der Waals surface area contributed by atoms with E-state index in [1.165, 1.54) is 0 Å². The van der Waals surface area contributed by atoms with E-state index in [2.05, 4.69) is 4.72 Å². The van der Waals surface area contributed by atoms with Gasteiger partial charge in [0.1, 0.15) is 5.25 Å². The smallest absolute Gasteiger partial charge is 0.218 e. The van der Waals surface area contributed by atoms with Gasteiger partial charge in [-0.15, -0.1) is 0 Å². The van der Waals surface area contributed by atoms with Crippen molar-refractivity contribution in [1.29, 1.82) is 0 Å². The van der Waals surface area contributed by atoms with Crippen LogP contribution in [0, 0.1) is 0 Å². The largest absolute Gasteiger partial charge is 0.378 e. The summed E-state index contributed by atoms with van der Waals surface area (Å²) in [5.74, 6) is 0. The van der Waals surface area contributed by atoms with E-state index >= 15 is 0 Å². The minimum Gasteiger partial charge on any atom is -0.378 e. The Bertz CT molecular complexity index is 572. The standard InChI is InChI=1S/C14H23N3O3S/c1-5-15-21(18,19)13-10-20-17(4)14(13)11-6-8-12(9-7-11)16(2)3/h6-9,13-15H,5,10H2,1-4H3/t13-,14-/m0/s1. The molecular weight excluding hydrogens is 290 g/mol. The number of benzene rings is 1. The molecule has 1 aliphatic rings. The van der Waals surface area contributed by atoms with Crippen molar-refractivity contribution in [3.05, 3.63) is 29.8 Å². The fraction of sp³-hybridized carbons (Fsp3) is 0.571. The SMILES string of the molecule is CCNS(=O)(=O)[C@H]1CON(C)[C@H]1c1ccc(N(C)C)cc1. The maximum absolute atomic E-state index is 12.3. The van der Waals surface area contributed by atoms with Gasteiger partial charge in [0.2, 0.25) is 10.0 Å². The Balaban J connectivity index is 2.30. The van der Waals surface area contributed by atoms with Gasteiger partial charge in [-0.1, -0.05) is 19.1 Å². The Kier molecular flexibility index (Phi) is 4.88. The van der Waals surface area contributed by atoms with Crippen molar-refractivity contribution in [2.75, 3.05) is 39.2 Å². The Hall–Kier alpha value is -1.15. The predicted octanol–water partition coefficient (Wildman–Crippen LogP) is 0.979. The van der Waals surface area contributed by atoms with Crippen molar-refractivity contribution in [2.24, 2.45) is 0 Å². The van der Waals surface area contributed by atoms with E-state index in [-0.39, 0.29) is 12.6 Å². The summed E-state index contributed by atoms with van der Waals surface area (Å²) in [7, 11) is 2.32. The van der Waals surface area contributed by atoms with E-state index in [4.69, 9.17) is 4.84 Å². The van der Waals surface area contributed by atoms with Crippen LogP contribution in [0.1, 0.15) is 18.5 Å². The lowest BCUT2D eigenvalue weighted by molar-refractivity contribution is -0.110. The minimum atomic E-state index is -3.39. The van der Waals surface area contributed by atoms with E-state index in [9.17, 15) is 8.42 Å². The van der Waals surface area contributed by atoms with Crippen molar-refractivity contribution >= 4 is 15.7 Å². The maximum Gasteiger partial charge on any atom is 0.218 e. The molecule has 0 spiro atoms. The molecule has 1 N–H and O–H groups in total. The third kappa shape index (κ3) is 3.37. The van der Waals surface area contributed by atoms with Gasteiger partial charge < -0.3 is 4.90 Å². The van der Waals surface area contributed by atoms with Crippen LogP contribution in [-0.4, -0.2) is 53.0 Å². The number of sulfonamides is 1. The molecule has 0 unspecified atom stereocenters. The molecule has 1 aromatic rings. The lowest BCUT2D eigenvalue weighted by Gasteiger charge is -2.23. The second kappa shape index (κ2) is 6.31. The van der Waals surface area contributed by atoms with Crippen molar-refractivity contribution in [3.8, 4) is 0 Å². The quantitative estimate of drug-likeness (QED) is 0.878. The molecule has 0 radical (unpaired) electrons. The third-order valence-corrected chi connectivity index (χ3v) is 5.56. The van der Waals surface area contributed by atoms with Gasteiger partial charge in [-0.2, -0.15) is 5.06 Å². The van der Waals surface area contributed by atoms with Gasteiger partial charge in [0.25, 0.3) is 0 Å². The molecule has 0 aromatic heterocycles. The first-order valence-corrected chi connectivity index (χ1v) is 8.53. The molecule has 0 aliphatic carbocycles. The van der Waals surface area contributed by atoms with Crippen LogP contribution in [0.2, 0.25) is 0 Å². The number of hydroxylamine groups is 2. The van der Waals surface area contributed by atoms with E-state index in [1.807, 2.05) is 43.3 Å². The Morgan fingerprint density at radius 2 is 1.95 bits per heavy atom.